The van der Waals surface area contributed by atoms with Crippen molar-refractivity contribution in [2.24, 2.45) is 11.3 Å². The Morgan fingerprint density at radius 3 is 2.42 bits per heavy atom. The van der Waals surface area contributed by atoms with E-state index in [9.17, 15) is 13.6 Å². The third kappa shape index (κ3) is 4.56. The van der Waals surface area contributed by atoms with Crippen LogP contribution in [0.25, 0.3) is 11.1 Å². The van der Waals surface area contributed by atoms with Gasteiger partial charge in [0.1, 0.15) is 11.9 Å². The summed E-state index contributed by atoms with van der Waals surface area (Å²) in [6.07, 6.45) is 2.67. The lowest BCUT2D eigenvalue weighted by Crippen LogP contribution is -2.53. The van der Waals surface area contributed by atoms with Crippen LogP contribution in [0.3, 0.4) is 0 Å². The molecule has 1 N–H and O–H groups in total. The maximum absolute atomic E-state index is 12.9. The summed E-state index contributed by atoms with van der Waals surface area (Å²) >= 11 is 0. The van der Waals surface area contributed by atoms with E-state index < -0.39 is 6.61 Å². The molecule has 0 saturated carbocycles. The van der Waals surface area contributed by atoms with Gasteiger partial charge in [-0.2, -0.15) is 8.78 Å². The van der Waals surface area contributed by atoms with Crippen LogP contribution >= 0.6 is 0 Å². The van der Waals surface area contributed by atoms with E-state index in [0.29, 0.717) is 5.92 Å². The molecule has 5 nitrogen and oxygen atoms in total. The highest BCUT2D eigenvalue weighted by Crippen LogP contribution is 2.46. The molecular formula is C26H30F2N2O3. The fraction of sp³-hybridized carbons (Fsp3) is 0.500. The summed E-state index contributed by atoms with van der Waals surface area (Å²) in [5, 5.41) is 3.16. The number of nitrogens with one attached hydrogen (secondary N) is 1. The molecule has 176 valence electrons. The molecule has 1 unspecified atom stereocenters. The fourth-order valence-corrected chi connectivity index (χ4v) is 5.65. The van der Waals surface area contributed by atoms with E-state index in [4.69, 9.17) is 4.74 Å². The third-order valence-corrected chi connectivity index (χ3v) is 7.41. The maximum Gasteiger partial charge on any atom is 0.407 e. The van der Waals surface area contributed by atoms with Crippen molar-refractivity contribution in [3.8, 4) is 16.9 Å². The Morgan fingerprint density at radius 2 is 1.79 bits per heavy atom. The topological polar surface area (TPSA) is 50.8 Å². The number of amides is 1. The number of alkyl carbamates (subject to hydrolysis) is 1. The molecule has 1 amide bonds. The second-order valence-electron chi connectivity index (χ2n) is 10.1. The minimum Gasteiger partial charge on any atom is -0.445 e. The van der Waals surface area contributed by atoms with E-state index in [-0.39, 0.29) is 29.4 Å². The normalized spacial score (nSPS) is 27.3. The molecule has 0 spiro atoms. The van der Waals surface area contributed by atoms with Gasteiger partial charge >= 0.3 is 12.7 Å². The van der Waals surface area contributed by atoms with Crippen molar-refractivity contribution >= 4 is 6.09 Å². The third-order valence-electron chi connectivity index (χ3n) is 7.41. The number of alkyl halides is 2. The predicted molar refractivity (Wildman–Crippen MR) is 121 cm³/mol. The number of rotatable bonds is 5. The number of hydrogen-bond donors (Lipinski definition) is 1. The van der Waals surface area contributed by atoms with Gasteiger partial charge in [0.25, 0.3) is 0 Å². The Kier molecular flexibility index (Phi) is 5.77. The number of nitrogens with zero attached hydrogens (tertiary/aromatic N) is 1. The summed E-state index contributed by atoms with van der Waals surface area (Å²) in [4.78, 5) is 15.3. The second kappa shape index (κ2) is 8.60. The van der Waals surface area contributed by atoms with Crippen molar-refractivity contribution in [3.63, 3.8) is 0 Å². The molecule has 4 aliphatic rings. The van der Waals surface area contributed by atoms with Gasteiger partial charge in [0.2, 0.25) is 0 Å². The zero-order valence-electron chi connectivity index (χ0n) is 19.0. The molecule has 2 atom stereocenters. The van der Waals surface area contributed by atoms with E-state index in [1.807, 2.05) is 6.07 Å². The van der Waals surface area contributed by atoms with E-state index >= 15 is 0 Å². The first kappa shape index (κ1) is 22.1. The quantitative estimate of drug-likeness (QED) is 0.655. The largest absolute Gasteiger partial charge is 0.445 e. The molecule has 3 saturated heterocycles. The number of carbonyl (C=O) groups is 1. The summed E-state index contributed by atoms with van der Waals surface area (Å²) in [6, 6.07) is 12.7. The van der Waals surface area contributed by atoms with Crippen LogP contribution in [0.5, 0.6) is 5.75 Å². The van der Waals surface area contributed by atoms with Crippen LogP contribution in [-0.2, 0) is 11.2 Å². The van der Waals surface area contributed by atoms with Crippen molar-refractivity contribution < 1.29 is 23.0 Å². The van der Waals surface area contributed by atoms with Crippen LogP contribution in [0.4, 0.5) is 13.6 Å². The molecule has 2 aromatic carbocycles. The van der Waals surface area contributed by atoms with E-state index in [1.165, 1.54) is 5.56 Å². The summed E-state index contributed by atoms with van der Waals surface area (Å²) < 4.78 is 35.2. The van der Waals surface area contributed by atoms with Gasteiger partial charge in [-0.3, -0.25) is 4.90 Å². The van der Waals surface area contributed by atoms with Gasteiger partial charge in [0, 0.05) is 6.54 Å². The van der Waals surface area contributed by atoms with E-state index in [2.05, 4.69) is 40.9 Å². The molecule has 0 aromatic heterocycles. The van der Waals surface area contributed by atoms with Crippen LogP contribution in [0.1, 0.15) is 43.9 Å². The standard InChI is InChI=1S/C26H30F2N2O3/c1-26(2)14-19-4-3-18(16-5-7-20(8-6-16)32-24(27)28)13-21(19)23(26)29-25(31)33-22-15-30-11-9-17(22)10-12-30/h3-8,13,17,22-24H,9-12,14-15H2,1-2H3,(H,29,31)/t22-,23?/m0/s1. The number of fused-ring (bicyclic) bond motifs is 4. The zero-order chi connectivity index (χ0) is 23.2. The molecule has 0 radical (unpaired) electrons. The highest BCUT2D eigenvalue weighted by Gasteiger charge is 2.42. The monoisotopic (exact) mass is 456 g/mol. The minimum absolute atomic E-state index is 0.0307. The van der Waals surface area contributed by atoms with Gasteiger partial charge in [-0.1, -0.05) is 38.1 Å². The molecule has 7 heteroatoms. The van der Waals surface area contributed by atoms with Crippen molar-refractivity contribution in [3.05, 3.63) is 53.6 Å². The van der Waals surface area contributed by atoms with Crippen LogP contribution in [-0.4, -0.2) is 43.3 Å². The Hall–Kier alpha value is -2.67. The van der Waals surface area contributed by atoms with Gasteiger partial charge in [-0.25, -0.2) is 4.79 Å². The number of piperidine rings is 3. The number of benzene rings is 2. The van der Waals surface area contributed by atoms with Crippen LogP contribution < -0.4 is 10.1 Å². The Balaban J connectivity index is 1.33. The van der Waals surface area contributed by atoms with Crippen LogP contribution in [0.2, 0.25) is 0 Å². The van der Waals surface area contributed by atoms with Gasteiger partial charge < -0.3 is 14.8 Å². The fourth-order valence-electron chi connectivity index (χ4n) is 5.65. The average Bonchev–Trinajstić information content (AvgIpc) is 3.03. The highest BCUT2D eigenvalue weighted by atomic mass is 19.3. The number of halogens is 2. The van der Waals surface area contributed by atoms with Crippen molar-refractivity contribution in [1.29, 1.82) is 0 Å². The van der Waals surface area contributed by atoms with Gasteiger partial charge in [0.15, 0.2) is 0 Å². The summed E-state index contributed by atoms with van der Waals surface area (Å²) in [6.45, 7) is 4.51. The first-order valence-electron chi connectivity index (χ1n) is 11.7. The summed E-state index contributed by atoms with van der Waals surface area (Å²) in [5.74, 6) is 0.597. The van der Waals surface area contributed by atoms with Gasteiger partial charge in [0.05, 0.1) is 6.04 Å². The Morgan fingerprint density at radius 1 is 1.09 bits per heavy atom. The summed E-state index contributed by atoms with van der Waals surface area (Å²) in [5.41, 5.74) is 4.00. The molecule has 2 aromatic rings. The Labute approximate surface area is 193 Å². The lowest BCUT2D eigenvalue weighted by molar-refractivity contribution is -0.0498. The maximum atomic E-state index is 12.9. The SMILES string of the molecule is CC1(C)Cc2ccc(-c3ccc(OC(F)F)cc3)cc2C1NC(=O)O[C@H]1CN2CCC1CC2. The lowest BCUT2D eigenvalue weighted by atomic mass is 9.85. The van der Waals surface area contributed by atoms with Crippen molar-refractivity contribution in [2.75, 3.05) is 19.6 Å². The minimum atomic E-state index is -2.84. The molecule has 1 aliphatic carbocycles. The molecule has 3 heterocycles. The van der Waals surface area contributed by atoms with Crippen molar-refractivity contribution in [2.45, 2.75) is 51.9 Å². The second-order valence-corrected chi connectivity index (χ2v) is 10.1. The van der Waals surface area contributed by atoms with E-state index in [0.717, 1.165) is 55.6 Å². The van der Waals surface area contributed by atoms with E-state index in [1.54, 1.807) is 24.3 Å². The Bertz CT molecular complexity index is 1020. The molecule has 3 aliphatic heterocycles. The van der Waals surface area contributed by atoms with Gasteiger partial charge in [-0.05, 0) is 84.1 Å². The van der Waals surface area contributed by atoms with Crippen LogP contribution in [0, 0.1) is 11.3 Å². The molecule has 3 fully saturated rings. The first-order chi connectivity index (χ1) is 15.8. The first-order valence-corrected chi connectivity index (χ1v) is 11.7. The highest BCUT2D eigenvalue weighted by molar-refractivity contribution is 5.70. The summed E-state index contributed by atoms with van der Waals surface area (Å²) in [7, 11) is 0. The van der Waals surface area contributed by atoms with Crippen LogP contribution in [0.15, 0.2) is 42.5 Å². The number of hydrogen-bond acceptors (Lipinski definition) is 4. The molecule has 6 rings (SSSR count). The number of carbonyl (C=O) groups excluding carboxylic acids is 1. The molecule has 2 bridgehead atoms. The zero-order valence-corrected chi connectivity index (χ0v) is 19.0. The van der Waals surface area contributed by atoms with Gasteiger partial charge in [-0.15, -0.1) is 0 Å². The molecular weight excluding hydrogens is 426 g/mol. The lowest BCUT2D eigenvalue weighted by Gasteiger charge is -2.44. The smallest absolute Gasteiger partial charge is 0.407 e. The predicted octanol–water partition coefficient (Wildman–Crippen LogP) is 5.40. The molecule has 33 heavy (non-hydrogen) atoms. The average molecular weight is 457 g/mol. The number of ether oxygens (including phenoxy) is 2. The van der Waals surface area contributed by atoms with Crippen molar-refractivity contribution in [1.82, 2.24) is 10.2 Å².